The van der Waals surface area contributed by atoms with Crippen molar-refractivity contribution in [1.82, 2.24) is 9.97 Å². The number of nitrogen functional groups attached to an aromatic ring is 1. The van der Waals surface area contributed by atoms with Gasteiger partial charge < -0.3 is 20.5 Å². The molecule has 2 atom stereocenters. The third kappa shape index (κ3) is 2.81. The number of ether oxygens (including phenoxy) is 1. The minimum absolute atomic E-state index is 0.0827. The summed E-state index contributed by atoms with van der Waals surface area (Å²) in [6.45, 7) is 6.10. The molecular formula is C17H26N4O3. The number of fused-ring (bicyclic) bond motifs is 1. The Morgan fingerprint density at radius 3 is 2.96 bits per heavy atom. The van der Waals surface area contributed by atoms with Crippen molar-refractivity contribution in [3.05, 3.63) is 11.3 Å². The van der Waals surface area contributed by atoms with E-state index in [2.05, 4.69) is 21.8 Å². The molecule has 0 aliphatic carbocycles. The van der Waals surface area contributed by atoms with E-state index in [1.54, 1.807) is 0 Å². The first kappa shape index (κ1) is 17.0. The molecule has 3 N–H and O–H groups in total. The molecule has 7 nitrogen and oxygen atoms in total. The highest BCUT2D eigenvalue weighted by Gasteiger charge is 2.54. The number of aryl methyl sites for hydroxylation is 1. The highest BCUT2D eigenvalue weighted by atomic mass is 16.5. The Bertz CT molecular complexity index is 637. The maximum Gasteiger partial charge on any atom is 0.314 e. The number of carboxylic acids is 1. The maximum absolute atomic E-state index is 12.0. The summed E-state index contributed by atoms with van der Waals surface area (Å²) >= 11 is 0. The average molecular weight is 334 g/mol. The Morgan fingerprint density at radius 2 is 2.29 bits per heavy atom. The maximum atomic E-state index is 12.0. The molecule has 24 heavy (non-hydrogen) atoms. The number of carboxylic acid groups (broad SMARTS) is 1. The molecule has 2 aliphatic rings. The molecule has 1 aromatic rings. The van der Waals surface area contributed by atoms with Crippen LogP contribution in [0.25, 0.3) is 0 Å². The van der Waals surface area contributed by atoms with Crippen molar-refractivity contribution in [3.8, 4) is 0 Å². The van der Waals surface area contributed by atoms with Crippen molar-refractivity contribution in [2.75, 3.05) is 36.9 Å². The fourth-order valence-electron chi connectivity index (χ4n) is 3.96. The van der Waals surface area contributed by atoms with Crippen molar-refractivity contribution in [2.45, 2.75) is 39.5 Å². The SMILES string of the molecule is CCCCc1c(C)nc(N)nc1N1C[C@@H]2CCOC[C@]2(C(=O)O)C1. The van der Waals surface area contributed by atoms with E-state index in [-0.39, 0.29) is 18.5 Å². The van der Waals surface area contributed by atoms with Gasteiger partial charge in [-0.15, -0.1) is 0 Å². The molecule has 0 spiro atoms. The average Bonchev–Trinajstić information content (AvgIpc) is 2.94. The van der Waals surface area contributed by atoms with Crippen molar-refractivity contribution in [3.63, 3.8) is 0 Å². The van der Waals surface area contributed by atoms with E-state index in [4.69, 9.17) is 10.5 Å². The minimum Gasteiger partial charge on any atom is -0.481 e. The van der Waals surface area contributed by atoms with Crippen LogP contribution in [0.2, 0.25) is 0 Å². The molecule has 7 heteroatoms. The largest absolute Gasteiger partial charge is 0.481 e. The van der Waals surface area contributed by atoms with E-state index in [9.17, 15) is 9.90 Å². The zero-order valence-electron chi connectivity index (χ0n) is 14.4. The molecule has 1 aromatic heterocycles. The van der Waals surface area contributed by atoms with Gasteiger partial charge >= 0.3 is 5.97 Å². The van der Waals surface area contributed by atoms with Gasteiger partial charge in [-0.1, -0.05) is 13.3 Å². The van der Waals surface area contributed by atoms with E-state index in [1.165, 1.54) is 0 Å². The van der Waals surface area contributed by atoms with Crippen molar-refractivity contribution >= 4 is 17.7 Å². The molecule has 0 amide bonds. The fraction of sp³-hybridized carbons (Fsp3) is 0.706. The molecule has 132 valence electrons. The summed E-state index contributed by atoms with van der Waals surface area (Å²) in [5.74, 6) is 0.365. The van der Waals surface area contributed by atoms with E-state index < -0.39 is 11.4 Å². The monoisotopic (exact) mass is 334 g/mol. The predicted molar refractivity (Wildman–Crippen MR) is 91.0 cm³/mol. The third-order valence-corrected chi connectivity index (χ3v) is 5.38. The zero-order valence-corrected chi connectivity index (χ0v) is 14.4. The van der Waals surface area contributed by atoms with Crippen LogP contribution in [0.5, 0.6) is 0 Å². The Hall–Kier alpha value is -1.89. The summed E-state index contributed by atoms with van der Waals surface area (Å²) in [6.07, 6.45) is 3.78. The lowest BCUT2D eigenvalue weighted by Crippen LogP contribution is -2.46. The van der Waals surface area contributed by atoms with Crippen LogP contribution in [-0.4, -0.2) is 47.3 Å². The highest BCUT2D eigenvalue weighted by Crippen LogP contribution is 2.43. The Balaban J connectivity index is 1.96. The number of carbonyl (C=O) groups is 1. The van der Waals surface area contributed by atoms with Crippen LogP contribution in [0.15, 0.2) is 0 Å². The molecule has 0 aromatic carbocycles. The smallest absolute Gasteiger partial charge is 0.314 e. The van der Waals surface area contributed by atoms with E-state index in [1.807, 2.05) is 6.92 Å². The highest BCUT2D eigenvalue weighted by molar-refractivity contribution is 5.78. The second kappa shape index (κ2) is 6.55. The molecule has 3 heterocycles. The van der Waals surface area contributed by atoms with Crippen LogP contribution in [0.1, 0.15) is 37.4 Å². The second-order valence-corrected chi connectivity index (χ2v) is 6.95. The molecule has 2 aliphatic heterocycles. The lowest BCUT2D eigenvalue weighted by Gasteiger charge is -2.33. The molecule has 3 rings (SSSR count). The van der Waals surface area contributed by atoms with Gasteiger partial charge in [-0.3, -0.25) is 4.79 Å². The summed E-state index contributed by atoms with van der Waals surface area (Å²) in [5.41, 5.74) is 7.01. The van der Waals surface area contributed by atoms with Gasteiger partial charge in [0.2, 0.25) is 5.95 Å². The lowest BCUT2D eigenvalue weighted by molar-refractivity contribution is -0.159. The van der Waals surface area contributed by atoms with Crippen molar-refractivity contribution in [2.24, 2.45) is 11.3 Å². The van der Waals surface area contributed by atoms with E-state index >= 15 is 0 Å². The van der Waals surface area contributed by atoms with Crippen molar-refractivity contribution < 1.29 is 14.6 Å². The first-order valence-corrected chi connectivity index (χ1v) is 8.67. The summed E-state index contributed by atoms with van der Waals surface area (Å²) in [4.78, 5) is 22.8. The van der Waals surface area contributed by atoms with Gasteiger partial charge in [0.05, 0.1) is 6.61 Å². The molecule has 2 fully saturated rings. The topological polar surface area (TPSA) is 102 Å². The van der Waals surface area contributed by atoms with Crippen LogP contribution >= 0.6 is 0 Å². The lowest BCUT2D eigenvalue weighted by atomic mass is 9.76. The zero-order chi connectivity index (χ0) is 17.3. The predicted octanol–water partition coefficient (Wildman–Crippen LogP) is 1.64. The normalized spacial score (nSPS) is 26.4. The number of anilines is 2. The molecule has 2 saturated heterocycles. The number of nitrogens with zero attached hydrogens (tertiary/aromatic N) is 3. The molecule has 0 unspecified atom stereocenters. The summed E-state index contributed by atoms with van der Waals surface area (Å²) in [5, 5.41) is 9.82. The second-order valence-electron chi connectivity index (χ2n) is 6.95. The minimum atomic E-state index is -0.839. The van der Waals surface area contributed by atoms with Gasteiger partial charge in [0.1, 0.15) is 11.2 Å². The first-order chi connectivity index (χ1) is 11.5. The van der Waals surface area contributed by atoms with Crippen LogP contribution in [0.3, 0.4) is 0 Å². The van der Waals surface area contributed by atoms with Gasteiger partial charge in [-0.25, -0.2) is 4.98 Å². The number of aromatic nitrogens is 2. The molecular weight excluding hydrogens is 308 g/mol. The van der Waals surface area contributed by atoms with Crippen LogP contribution in [-0.2, 0) is 16.0 Å². The van der Waals surface area contributed by atoms with Gasteiger partial charge in [-0.05, 0) is 32.1 Å². The fourth-order valence-corrected chi connectivity index (χ4v) is 3.96. The summed E-state index contributed by atoms with van der Waals surface area (Å²) in [6, 6.07) is 0. The van der Waals surface area contributed by atoms with Gasteiger partial charge in [0.15, 0.2) is 0 Å². The Labute approximate surface area is 142 Å². The molecule has 0 saturated carbocycles. The van der Waals surface area contributed by atoms with Gasteiger partial charge in [0, 0.05) is 31.0 Å². The molecule has 0 bridgehead atoms. The molecule has 0 radical (unpaired) electrons. The quantitative estimate of drug-likeness (QED) is 0.844. The van der Waals surface area contributed by atoms with Gasteiger partial charge in [-0.2, -0.15) is 4.98 Å². The Morgan fingerprint density at radius 1 is 1.50 bits per heavy atom. The van der Waals surface area contributed by atoms with E-state index in [0.29, 0.717) is 19.7 Å². The number of rotatable bonds is 5. The Kier molecular flexibility index (Phi) is 4.62. The van der Waals surface area contributed by atoms with Crippen LogP contribution < -0.4 is 10.6 Å². The van der Waals surface area contributed by atoms with E-state index in [0.717, 1.165) is 42.8 Å². The standard InChI is InChI=1S/C17H26N4O3/c1-3-4-5-13-11(2)19-16(18)20-14(13)21-8-12-6-7-24-10-17(12,9-21)15(22)23/h12H,3-10H2,1-2H3,(H,22,23)(H2,18,19,20)/t12-,17+/m0/s1. The summed E-state index contributed by atoms with van der Waals surface area (Å²) < 4.78 is 5.51. The van der Waals surface area contributed by atoms with Crippen molar-refractivity contribution in [1.29, 1.82) is 0 Å². The number of hydrogen-bond donors (Lipinski definition) is 2. The summed E-state index contributed by atoms with van der Waals surface area (Å²) in [7, 11) is 0. The number of hydrogen-bond acceptors (Lipinski definition) is 6. The van der Waals surface area contributed by atoms with Crippen LogP contribution in [0, 0.1) is 18.3 Å². The first-order valence-electron chi connectivity index (χ1n) is 8.67. The van der Waals surface area contributed by atoms with Gasteiger partial charge in [0.25, 0.3) is 0 Å². The number of nitrogens with two attached hydrogens (primary N) is 1. The number of aliphatic carboxylic acids is 1. The number of unbranched alkanes of at least 4 members (excludes halogenated alkanes) is 1. The van der Waals surface area contributed by atoms with Crippen LogP contribution in [0.4, 0.5) is 11.8 Å². The third-order valence-electron chi connectivity index (χ3n) is 5.38.